The summed E-state index contributed by atoms with van der Waals surface area (Å²) in [5, 5.41) is 0. The Hall–Kier alpha value is -1.22. The van der Waals surface area contributed by atoms with Crippen molar-refractivity contribution in [3.8, 4) is 0 Å². The zero-order valence-corrected chi connectivity index (χ0v) is 9.04. The molecule has 0 aliphatic heterocycles. The number of hydrogen-bond acceptors (Lipinski definition) is 3. The third-order valence-corrected chi connectivity index (χ3v) is 1.51. The summed E-state index contributed by atoms with van der Waals surface area (Å²) in [6.07, 6.45) is 1.14. The molecule has 0 saturated carbocycles. The highest BCUT2D eigenvalue weighted by atomic mass is 32.1. The van der Waals surface area contributed by atoms with Crippen LogP contribution in [0.5, 0.6) is 0 Å². The molecule has 0 spiro atoms. The highest BCUT2D eigenvalue weighted by Gasteiger charge is 1.86. The van der Waals surface area contributed by atoms with Crippen molar-refractivity contribution in [3.05, 3.63) is 43.0 Å². The van der Waals surface area contributed by atoms with Gasteiger partial charge in [0, 0.05) is 11.0 Å². The zero-order valence-electron chi connectivity index (χ0n) is 8.14. The second-order valence-electron chi connectivity index (χ2n) is 2.29. The number of thiol groups is 1. The van der Waals surface area contributed by atoms with Crippen LogP contribution in [-0.2, 0) is 9.53 Å². The summed E-state index contributed by atoms with van der Waals surface area (Å²) in [7, 11) is 0. The number of rotatable bonds is 2. The van der Waals surface area contributed by atoms with Gasteiger partial charge in [-0.05, 0) is 19.1 Å². The van der Waals surface area contributed by atoms with Crippen molar-refractivity contribution >= 4 is 18.6 Å². The number of carbonyl (C=O) groups is 1. The van der Waals surface area contributed by atoms with Gasteiger partial charge in [0.05, 0.1) is 6.61 Å². The quantitative estimate of drug-likeness (QED) is 0.461. The molecule has 0 amide bonds. The number of carbonyl (C=O) groups excluding carboxylic acids is 1. The lowest BCUT2D eigenvalue weighted by Gasteiger charge is -1.90. The Morgan fingerprint density at radius 1 is 1.50 bits per heavy atom. The molecule has 76 valence electrons. The Kier molecular flexibility index (Phi) is 7.65. The highest BCUT2D eigenvalue weighted by Crippen LogP contribution is 2.00. The van der Waals surface area contributed by atoms with Crippen LogP contribution in [-0.4, -0.2) is 12.6 Å². The van der Waals surface area contributed by atoms with E-state index in [1.165, 1.54) is 0 Å². The predicted molar refractivity (Wildman–Crippen MR) is 60.5 cm³/mol. The lowest BCUT2D eigenvalue weighted by Crippen LogP contribution is -1.97. The van der Waals surface area contributed by atoms with E-state index in [4.69, 9.17) is 0 Å². The molecule has 0 bridgehead atoms. The van der Waals surface area contributed by atoms with Crippen molar-refractivity contribution in [1.82, 2.24) is 0 Å². The number of esters is 1. The van der Waals surface area contributed by atoms with Gasteiger partial charge in [-0.25, -0.2) is 4.79 Å². The fourth-order valence-corrected chi connectivity index (χ4v) is 0.801. The molecule has 0 saturated heterocycles. The normalized spacial score (nSPS) is 8.14. The number of benzene rings is 1. The van der Waals surface area contributed by atoms with Gasteiger partial charge in [0.15, 0.2) is 0 Å². The summed E-state index contributed by atoms with van der Waals surface area (Å²) in [6, 6.07) is 9.79. The second kappa shape index (κ2) is 8.38. The van der Waals surface area contributed by atoms with Crippen molar-refractivity contribution in [2.75, 3.05) is 6.61 Å². The van der Waals surface area contributed by atoms with E-state index in [-0.39, 0.29) is 5.97 Å². The van der Waals surface area contributed by atoms with Gasteiger partial charge < -0.3 is 4.74 Å². The summed E-state index contributed by atoms with van der Waals surface area (Å²) in [6.45, 7) is 5.38. The van der Waals surface area contributed by atoms with E-state index in [2.05, 4.69) is 23.9 Å². The van der Waals surface area contributed by atoms with Crippen molar-refractivity contribution < 1.29 is 9.53 Å². The van der Waals surface area contributed by atoms with Gasteiger partial charge in [0.25, 0.3) is 0 Å². The first-order valence-electron chi connectivity index (χ1n) is 4.24. The average Bonchev–Trinajstić information content (AvgIpc) is 2.20. The lowest BCUT2D eigenvalue weighted by atomic mass is 10.4. The van der Waals surface area contributed by atoms with Gasteiger partial charge in [-0.2, -0.15) is 0 Å². The first kappa shape index (κ1) is 12.8. The summed E-state index contributed by atoms with van der Waals surface area (Å²) in [5.74, 6) is -0.359. The van der Waals surface area contributed by atoms with Crippen LogP contribution in [0.1, 0.15) is 6.92 Å². The Balaban J connectivity index is 0.000000241. The van der Waals surface area contributed by atoms with Crippen LogP contribution in [0.2, 0.25) is 0 Å². The van der Waals surface area contributed by atoms with E-state index >= 15 is 0 Å². The standard InChI is InChI=1S/C6H6S.C5H8O2/c7-6-4-2-1-3-5-6;1-3-5(6)7-4-2/h1-5,7H;3H,1,4H2,2H3. The first-order chi connectivity index (χ1) is 6.70. The maximum atomic E-state index is 10.1. The molecule has 1 rings (SSSR count). The highest BCUT2D eigenvalue weighted by molar-refractivity contribution is 7.80. The van der Waals surface area contributed by atoms with Crippen molar-refractivity contribution in [2.24, 2.45) is 0 Å². The minimum Gasteiger partial charge on any atom is -0.463 e. The van der Waals surface area contributed by atoms with Crippen LogP contribution in [0.15, 0.2) is 47.9 Å². The summed E-state index contributed by atoms with van der Waals surface area (Å²) < 4.78 is 4.43. The second-order valence-corrected chi connectivity index (χ2v) is 2.81. The largest absolute Gasteiger partial charge is 0.463 e. The van der Waals surface area contributed by atoms with Gasteiger partial charge in [0.1, 0.15) is 0 Å². The molecule has 0 aliphatic carbocycles. The van der Waals surface area contributed by atoms with Crippen molar-refractivity contribution in [3.63, 3.8) is 0 Å². The molecule has 0 atom stereocenters. The molecule has 0 aromatic heterocycles. The predicted octanol–water partition coefficient (Wildman–Crippen LogP) is 2.71. The molecule has 0 fully saturated rings. The van der Waals surface area contributed by atoms with Crippen LogP contribution in [0.25, 0.3) is 0 Å². The average molecular weight is 210 g/mol. The topological polar surface area (TPSA) is 26.3 Å². The molecule has 0 unspecified atom stereocenters. The molecule has 1 aromatic carbocycles. The summed E-state index contributed by atoms with van der Waals surface area (Å²) >= 11 is 4.08. The Labute approximate surface area is 90.0 Å². The van der Waals surface area contributed by atoms with E-state index in [9.17, 15) is 4.79 Å². The summed E-state index contributed by atoms with van der Waals surface area (Å²) in [5.41, 5.74) is 0. The van der Waals surface area contributed by atoms with Crippen LogP contribution >= 0.6 is 12.6 Å². The molecule has 3 heteroatoms. The maximum absolute atomic E-state index is 10.1. The van der Waals surface area contributed by atoms with Crippen LogP contribution < -0.4 is 0 Å². The third kappa shape index (κ3) is 7.43. The molecule has 0 radical (unpaired) electrons. The fraction of sp³-hybridized carbons (Fsp3) is 0.182. The van der Waals surface area contributed by atoms with E-state index < -0.39 is 0 Å². The Morgan fingerprint density at radius 3 is 2.29 bits per heavy atom. The van der Waals surface area contributed by atoms with Gasteiger partial charge in [-0.15, -0.1) is 12.6 Å². The maximum Gasteiger partial charge on any atom is 0.330 e. The lowest BCUT2D eigenvalue weighted by molar-refractivity contribution is -0.137. The SMILES string of the molecule is C=CC(=O)OCC.Sc1ccccc1. The van der Waals surface area contributed by atoms with E-state index in [0.717, 1.165) is 11.0 Å². The molecule has 2 nitrogen and oxygen atoms in total. The third-order valence-electron chi connectivity index (χ3n) is 1.21. The smallest absolute Gasteiger partial charge is 0.330 e. The first-order valence-corrected chi connectivity index (χ1v) is 4.68. The van der Waals surface area contributed by atoms with Crippen molar-refractivity contribution in [1.29, 1.82) is 0 Å². The molecule has 1 aromatic rings. The van der Waals surface area contributed by atoms with Crippen LogP contribution in [0.4, 0.5) is 0 Å². The number of ether oxygens (including phenoxy) is 1. The molecule has 0 heterocycles. The van der Waals surface area contributed by atoms with Gasteiger partial charge in [0.2, 0.25) is 0 Å². The Bertz CT molecular complexity index is 270. The molecule has 0 aliphatic rings. The molecular formula is C11H14O2S. The van der Waals surface area contributed by atoms with Gasteiger partial charge >= 0.3 is 5.97 Å². The van der Waals surface area contributed by atoms with Crippen LogP contribution in [0, 0.1) is 0 Å². The zero-order chi connectivity index (χ0) is 10.8. The molecular weight excluding hydrogens is 196 g/mol. The van der Waals surface area contributed by atoms with E-state index in [1.54, 1.807) is 6.92 Å². The monoisotopic (exact) mass is 210 g/mol. The molecule has 14 heavy (non-hydrogen) atoms. The Morgan fingerprint density at radius 2 is 2.07 bits per heavy atom. The van der Waals surface area contributed by atoms with Crippen molar-refractivity contribution in [2.45, 2.75) is 11.8 Å². The molecule has 0 N–H and O–H groups in total. The number of hydrogen-bond donors (Lipinski definition) is 1. The summed E-state index contributed by atoms with van der Waals surface area (Å²) in [4.78, 5) is 11.1. The fourth-order valence-electron chi connectivity index (χ4n) is 0.629. The van der Waals surface area contributed by atoms with Gasteiger partial charge in [-0.1, -0.05) is 24.8 Å². The van der Waals surface area contributed by atoms with Crippen LogP contribution in [0.3, 0.4) is 0 Å². The van der Waals surface area contributed by atoms with Gasteiger partial charge in [-0.3, -0.25) is 0 Å². The minimum atomic E-state index is -0.359. The minimum absolute atomic E-state index is 0.359. The van der Waals surface area contributed by atoms with E-state index in [0.29, 0.717) is 6.61 Å². The van der Waals surface area contributed by atoms with E-state index in [1.807, 2.05) is 30.3 Å².